The topological polar surface area (TPSA) is 55.0 Å². The van der Waals surface area contributed by atoms with Crippen molar-refractivity contribution in [1.29, 1.82) is 0 Å². The highest BCUT2D eigenvalue weighted by molar-refractivity contribution is 5.14. The molecule has 92 valence electrons. The fourth-order valence-electron chi connectivity index (χ4n) is 2.19. The number of hydrogen-bond donors (Lipinski definition) is 1. The number of rotatable bonds is 5. The Labute approximate surface area is 100 Å². The molecule has 0 saturated heterocycles. The van der Waals surface area contributed by atoms with Crippen LogP contribution < -0.4 is 10.3 Å². The molecule has 2 aliphatic rings. The van der Waals surface area contributed by atoms with Gasteiger partial charge in [0.2, 0.25) is 5.88 Å². The molecular formula is C13H18N2O2. The van der Waals surface area contributed by atoms with Crippen molar-refractivity contribution in [2.45, 2.75) is 44.4 Å². The van der Waals surface area contributed by atoms with E-state index < -0.39 is 0 Å². The molecule has 0 bridgehead atoms. The second-order valence-corrected chi connectivity index (χ2v) is 5.18. The van der Waals surface area contributed by atoms with Crippen LogP contribution in [0, 0.1) is 5.92 Å². The lowest BCUT2D eigenvalue weighted by Gasteiger charge is -2.24. The molecule has 0 aromatic carbocycles. The Hall–Kier alpha value is -1.32. The number of aromatic nitrogens is 2. The van der Waals surface area contributed by atoms with Gasteiger partial charge in [0, 0.05) is 5.92 Å². The molecule has 2 saturated carbocycles. The molecule has 4 heteroatoms. The van der Waals surface area contributed by atoms with E-state index in [1.165, 1.54) is 25.3 Å². The fraction of sp³-hybridized carbons (Fsp3) is 0.692. The summed E-state index contributed by atoms with van der Waals surface area (Å²) in [7, 11) is 0. The number of H-pyrrole nitrogens is 1. The van der Waals surface area contributed by atoms with E-state index in [-0.39, 0.29) is 5.56 Å². The summed E-state index contributed by atoms with van der Waals surface area (Å²) < 4.78 is 5.58. The lowest BCUT2D eigenvalue weighted by Crippen LogP contribution is -2.16. The Bertz CT molecular complexity index is 447. The third-order valence-corrected chi connectivity index (χ3v) is 3.70. The van der Waals surface area contributed by atoms with E-state index in [2.05, 4.69) is 9.97 Å². The number of aromatic amines is 1. The van der Waals surface area contributed by atoms with Crippen molar-refractivity contribution in [2.24, 2.45) is 5.92 Å². The van der Waals surface area contributed by atoms with Gasteiger partial charge in [0.15, 0.2) is 0 Å². The van der Waals surface area contributed by atoms with E-state index >= 15 is 0 Å². The Kier molecular flexibility index (Phi) is 2.87. The first-order chi connectivity index (χ1) is 8.31. The summed E-state index contributed by atoms with van der Waals surface area (Å²) in [5, 5.41) is 0. The van der Waals surface area contributed by atoms with Gasteiger partial charge >= 0.3 is 0 Å². The highest BCUT2D eigenvalue weighted by Gasteiger charge is 2.26. The van der Waals surface area contributed by atoms with E-state index in [1.807, 2.05) is 0 Å². The summed E-state index contributed by atoms with van der Waals surface area (Å²) in [5.74, 6) is 2.59. The van der Waals surface area contributed by atoms with Gasteiger partial charge < -0.3 is 9.72 Å². The molecule has 2 aliphatic carbocycles. The third-order valence-electron chi connectivity index (χ3n) is 3.70. The van der Waals surface area contributed by atoms with Crippen LogP contribution in [-0.4, -0.2) is 16.6 Å². The van der Waals surface area contributed by atoms with Crippen molar-refractivity contribution in [1.82, 2.24) is 9.97 Å². The average molecular weight is 234 g/mol. The minimum absolute atomic E-state index is 0.0967. The first-order valence-corrected chi connectivity index (χ1v) is 6.55. The average Bonchev–Trinajstić information content (AvgIpc) is 3.04. The maximum atomic E-state index is 11.4. The molecule has 0 radical (unpaired) electrons. The molecule has 1 heterocycles. The van der Waals surface area contributed by atoms with Crippen LogP contribution in [0.5, 0.6) is 5.88 Å². The monoisotopic (exact) mass is 234 g/mol. The second kappa shape index (κ2) is 4.51. The minimum Gasteiger partial charge on any atom is -0.477 e. The molecule has 0 aliphatic heterocycles. The molecule has 1 N–H and O–H groups in total. The first kappa shape index (κ1) is 10.8. The number of nitrogens with one attached hydrogen (secondary N) is 1. The van der Waals surface area contributed by atoms with Gasteiger partial charge in [0.1, 0.15) is 5.82 Å². The van der Waals surface area contributed by atoms with E-state index in [0.717, 1.165) is 31.0 Å². The fourth-order valence-corrected chi connectivity index (χ4v) is 2.19. The van der Waals surface area contributed by atoms with Crippen molar-refractivity contribution in [3.05, 3.63) is 22.2 Å². The predicted octanol–water partition coefficient (Wildman–Crippen LogP) is 2.22. The Morgan fingerprint density at radius 3 is 2.82 bits per heavy atom. The largest absolute Gasteiger partial charge is 0.477 e. The third kappa shape index (κ3) is 2.68. The number of hydrogen-bond acceptors (Lipinski definition) is 3. The van der Waals surface area contributed by atoms with Gasteiger partial charge in [-0.1, -0.05) is 19.3 Å². The van der Waals surface area contributed by atoms with Crippen LogP contribution in [0.3, 0.4) is 0 Å². The van der Waals surface area contributed by atoms with E-state index in [1.54, 1.807) is 0 Å². The van der Waals surface area contributed by atoms with Crippen LogP contribution in [0.15, 0.2) is 10.9 Å². The molecule has 1 aromatic rings. The second-order valence-electron chi connectivity index (χ2n) is 5.18. The zero-order valence-corrected chi connectivity index (χ0v) is 9.95. The number of nitrogens with zero attached hydrogens (tertiary/aromatic N) is 1. The van der Waals surface area contributed by atoms with Gasteiger partial charge in [-0.25, -0.2) is 0 Å². The first-order valence-electron chi connectivity index (χ1n) is 6.55. The van der Waals surface area contributed by atoms with Gasteiger partial charge in [0.05, 0.1) is 12.7 Å². The standard InChI is InChI=1S/C13H18N2O2/c16-11-8-12(15-13(14-11)10-4-5-10)17-7-6-9-2-1-3-9/h8-10H,1-7H2,(H,14,15,16). The highest BCUT2D eigenvalue weighted by Crippen LogP contribution is 2.37. The molecule has 4 nitrogen and oxygen atoms in total. The maximum Gasteiger partial charge on any atom is 0.254 e. The Balaban J connectivity index is 1.59. The van der Waals surface area contributed by atoms with E-state index in [0.29, 0.717) is 18.4 Å². The highest BCUT2D eigenvalue weighted by atomic mass is 16.5. The van der Waals surface area contributed by atoms with Crippen molar-refractivity contribution in [3.8, 4) is 5.88 Å². The lowest BCUT2D eigenvalue weighted by atomic mass is 9.83. The van der Waals surface area contributed by atoms with Crippen LogP contribution >= 0.6 is 0 Å². The van der Waals surface area contributed by atoms with Crippen molar-refractivity contribution >= 4 is 0 Å². The summed E-state index contributed by atoms with van der Waals surface area (Å²) >= 11 is 0. The van der Waals surface area contributed by atoms with Gasteiger partial charge in [-0.2, -0.15) is 4.98 Å². The Morgan fingerprint density at radius 1 is 1.35 bits per heavy atom. The van der Waals surface area contributed by atoms with Crippen LogP contribution in [0.2, 0.25) is 0 Å². The van der Waals surface area contributed by atoms with Crippen molar-refractivity contribution in [2.75, 3.05) is 6.61 Å². The van der Waals surface area contributed by atoms with Crippen molar-refractivity contribution < 1.29 is 4.74 Å². The summed E-state index contributed by atoms with van der Waals surface area (Å²) in [6.45, 7) is 0.686. The van der Waals surface area contributed by atoms with Crippen LogP contribution in [0.4, 0.5) is 0 Å². The zero-order chi connectivity index (χ0) is 11.7. The van der Waals surface area contributed by atoms with E-state index in [4.69, 9.17) is 4.74 Å². The molecule has 0 spiro atoms. The molecule has 1 aromatic heterocycles. The summed E-state index contributed by atoms with van der Waals surface area (Å²) in [6, 6.07) is 1.45. The maximum absolute atomic E-state index is 11.4. The Morgan fingerprint density at radius 2 is 2.18 bits per heavy atom. The summed E-state index contributed by atoms with van der Waals surface area (Å²) in [6.07, 6.45) is 7.38. The lowest BCUT2D eigenvalue weighted by molar-refractivity contribution is 0.216. The van der Waals surface area contributed by atoms with Crippen molar-refractivity contribution in [3.63, 3.8) is 0 Å². The van der Waals surface area contributed by atoms with Gasteiger partial charge in [-0.3, -0.25) is 4.79 Å². The van der Waals surface area contributed by atoms with Gasteiger partial charge in [-0.15, -0.1) is 0 Å². The smallest absolute Gasteiger partial charge is 0.254 e. The molecule has 17 heavy (non-hydrogen) atoms. The van der Waals surface area contributed by atoms with Gasteiger partial charge in [0.25, 0.3) is 5.56 Å². The van der Waals surface area contributed by atoms with Crippen LogP contribution in [0.25, 0.3) is 0 Å². The normalized spacial score (nSPS) is 20.0. The molecule has 3 rings (SSSR count). The van der Waals surface area contributed by atoms with Crippen LogP contribution in [0.1, 0.15) is 50.3 Å². The quantitative estimate of drug-likeness (QED) is 0.849. The minimum atomic E-state index is -0.0967. The SMILES string of the molecule is O=c1cc(OCCC2CCC2)nc(C2CC2)[nH]1. The molecule has 0 unspecified atom stereocenters. The molecule has 0 atom stereocenters. The zero-order valence-electron chi connectivity index (χ0n) is 9.95. The molecule has 0 amide bonds. The van der Waals surface area contributed by atoms with E-state index in [9.17, 15) is 4.79 Å². The molecular weight excluding hydrogens is 216 g/mol. The van der Waals surface area contributed by atoms with Gasteiger partial charge in [-0.05, 0) is 25.2 Å². The van der Waals surface area contributed by atoms with Crippen LogP contribution in [-0.2, 0) is 0 Å². The summed E-state index contributed by atoms with van der Waals surface area (Å²) in [5.41, 5.74) is -0.0967. The predicted molar refractivity (Wildman–Crippen MR) is 64.3 cm³/mol. The number of ether oxygens (including phenoxy) is 1. The summed E-state index contributed by atoms with van der Waals surface area (Å²) in [4.78, 5) is 18.6. The molecule has 2 fully saturated rings.